The van der Waals surface area contributed by atoms with E-state index in [2.05, 4.69) is 5.10 Å². The van der Waals surface area contributed by atoms with Gasteiger partial charge >= 0.3 is 6.18 Å². The molecule has 14 heavy (non-hydrogen) atoms. The molecule has 0 aromatic carbocycles. The average molecular weight is 222 g/mol. The van der Waals surface area contributed by atoms with Crippen LogP contribution in [-0.2, 0) is 6.54 Å². The Hall–Kier alpha value is -0.780. The molecule has 2 rings (SSSR count). The summed E-state index contributed by atoms with van der Waals surface area (Å²) in [5, 5.41) is 2.69. The molecule has 1 N–H and O–H groups in total. The van der Waals surface area contributed by atoms with E-state index < -0.39 is 12.7 Å². The summed E-state index contributed by atoms with van der Waals surface area (Å²) in [4.78, 5) is 0. The Morgan fingerprint density at radius 1 is 1.50 bits per heavy atom. The summed E-state index contributed by atoms with van der Waals surface area (Å²) in [6, 6.07) is 1.62. The van der Waals surface area contributed by atoms with Gasteiger partial charge in [-0.3, -0.25) is 4.68 Å². The number of halogens is 3. The predicted molar refractivity (Wildman–Crippen MR) is 47.6 cm³/mol. The maximum Gasteiger partial charge on any atom is 0.407 e. The normalized spacial score (nSPS) is 17.4. The van der Waals surface area contributed by atoms with Crippen LogP contribution in [0.3, 0.4) is 0 Å². The van der Waals surface area contributed by atoms with Gasteiger partial charge in [-0.2, -0.15) is 13.2 Å². The topological polar surface area (TPSA) is 20.7 Å². The van der Waals surface area contributed by atoms with Gasteiger partial charge in [0.25, 0.3) is 0 Å². The number of alkyl halides is 3. The molecule has 0 spiro atoms. The lowest BCUT2D eigenvalue weighted by Gasteiger charge is -2.06. The van der Waals surface area contributed by atoms with Crippen molar-refractivity contribution in [2.45, 2.75) is 31.5 Å². The van der Waals surface area contributed by atoms with Gasteiger partial charge in [-0.05, 0) is 18.9 Å². The first kappa shape index (κ1) is 9.76. The van der Waals surface area contributed by atoms with Gasteiger partial charge in [-0.15, -0.1) is 0 Å². The number of aromatic amines is 1. The van der Waals surface area contributed by atoms with Gasteiger partial charge in [0.1, 0.15) is 11.2 Å². The lowest BCUT2D eigenvalue weighted by Crippen LogP contribution is -2.18. The second-order valence-corrected chi connectivity index (χ2v) is 3.94. The van der Waals surface area contributed by atoms with Crippen molar-refractivity contribution >= 4 is 12.2 Å². The zero-order valence-electron chi connectivity index (χ0n) is 7.27. The highest BCUT2D eigenvalue weighted by Crippen LogP contribution is 2.39. The number of hydrogen-bond donors (Lipinski definition) is 1. The van der Waals surface area contributed by atoms with Gasteiger partial charge in [0.05, 0.1) is 0 Å². The molecule has 0 bridgehead atoms. The Morgan fingerprint density at radius 2 is 2.14 bits per heavy atom. The van der Waals surface area contributed by atoms with Crippen LogP contribution in [0.15, 0.2) is 6.07 Å². The Morgan fingerprint density at radius 3 is 2.64 bits per heavy atom. The third-order valence-electron chi connectivity index (χ3n) is 2.16. The predicted octanol–water partition coefficient (Wildman–Crippen LogP) is 2.99. The Labute approximate surface area is 83.7 Å². The standard InChI is InChI=1S/C8H9F3N2S/c9-8(10,11)4-13-7(14)3-6(12-13)5-1-2-5/h3,5,12H,1-2,4H2. The first-order valence-electron chi connectivity index (χ1n) is 4.32. The average Bonchev–Trinajstić information content (AvgIpc) is 2.77. The lowest BCUT2D eigenvalue weighted by molar-refractivity contribution is -0.142. The molecule has 1 aromatic heterocycles. The highest BCUT2D eigenvalue weighted by atomic mass is 32.1. The van der Waals surface area contributed by atoms with Crippen LogP contribution in [0, 0.1) is 4.64 Å². The minimum Gasteiger partial charge on any atom is -0.301 e. The molecule has 1 heterocycles. The van der Waals surface area contributed by atoms with E-state index in [1.165, 1.54) is 0 Å². The summed E-state index contributed by atoms with van der Waals surface area (Å²) < 4.78 is 37.4. The van der Waals surface area contributed by atoms with Crippen LogP contribution in [0.5, 0.6) is 0 Å². The summed E-state index contributed by atoms with van der Waals surface area (Å²) >= 11 is 4.82. The largest absolute Gasteiger partial charge is 0.407 e. The third kappa shape index (κ3) is 2.17. The molecule has 1 fully saturated rings. The van der Waals surface area contributed by atoms with Crippen molar-refractivity contribution in [2.75, 3.05) is 0 Å². The zero-order valence-corrected chi connectivity index (χ0v) is 8.08. The number of nitrogens with zero attached hydrogens (tertiary/aromatic N) is 1. The van der Waals surface area contributed by atoms with E-state index in [4.69, 9.17) is 12.2 Å². The van der Waals surface area contributed by atoms with Gasteiger partial charge in [-0.25, -0.2) is 0 Å². The number of H-pyrrole nitrogens is 1. The maximum absolute atomic E-state index is 12.1. The molecule has 1 aromatic rings. The molecule has 1 aliphatic rings. The molecule has 0 aliphatic heterocycles. The number of nitrogens with one attached hydrogen (secondary N) is 1. The van der Waals surface area contributed by atoms with Crippen molar-refractivity contribution in [2.24, 2.45) is 0 Å². The van der Waals surface area contributed by atoms with Crippen LogP contribution in [0.25, 0.3) is 0 Å². The smallest absolute Gasteiger partial charge is 0.301 e. The van der Waals surface area contributed by atoms with E-state index in [1.807, 2.05) is 0 Å². The van der Waals surface area contributed by atoms with E-state index in [9.17, 15) is 13.2 Å². The fourth-order valence-corrected chi connectivity index (χ4v) is 1.59. The van der Waals surface area contributed by atoms with Crippen molar-refractivity contribution in [3.05, 3.63) is 16.4 Å². The molecule has 2 nitrogen and oxygen atoms in total. The van der Waals surface area contributed by atoms with Crippen molar-refractivity contribution < 1.29 is 13.2 Å². The molecular weight excluding hydrogens is 213 g/mol. The highest BCUT2D eigenvalue weighted by molar-refractivity contribution is 7.71. The van der Waals surface area contributed by atoms with Crippen LogP contribution in [-0.4, -0.2) is 16.0 Å². The molecule has 0 amide bonds. The minimum absolute atomic E-state index is 0.226. The van der Waals surface area contributed by atoms with Crippen LogP contribution >= 0.6 is 12.2 Å². The van der Waals surface area contributed by atoms with Crippen molar-refractivity contribution in [3.63, 3.8) is 0 Å². The zero-order chi connectivity index (χ0) is 10.3. The maximum atomic E-state index is 12.1. The number of rotatable bonds is 2. The van der Waals surface area contributed by atoms with Crippen LogP contribution in [0.2, 0.25) is 0 Å². The van der Waals surface area contributed by atoms with Gasteiger partial charge in [-0.1, -0.05) is 12.2 Å². The fourth-order valence-electron chi connectivity index (χ4n) is 1.35. The molecule has 1 aliphatic carbocycles. The minimum atomic E-state index is -4.22. The van der Waals surface area contributed by atoms with Crippen LogP contribution in [0.4, 0.5) is 13.2 Å². The van der Waals surface area contributed by atoms with E-state index in [1.54, 1.807) is 6.07 Å². The lowest BCUT2D eigenvalue weighted by atomic mass is 10.3. The molecule has 1 saturated carbocycles. The Balaban J connectivity index is 2.21. The first-order valence-corrected chi connectivity index (χ1v) is 4.73. The molecule has 78 valence electrons. The monoisotopic (exact) mass is 222 g/mol. The SMILES string of the molecule is FC(F)(F)Cn1[nH]c(C2CC2)cc1=S. The molecule has 0 atom stereocenters. The summed E-state index contributed by atoms with van der Waals surface area (Å²) in [7, 11) is 0. The summed E-state index contributed by atoms with van der Waals surface area (Å²) in [5.41, 5.74) is 0.833. The molecular formula is C8H9F3N2S. The first-order chi connectivity index (χ1) is 6.46. The van der Waals surface area contributed by atoms with Crippen molar-refractivity contribution in [3.8, 4) is 0 Å². The highest BCUT2D eigenvalue weighted by Gasteiger charge is 2.30. The Bertz CT molecular complexity index is 386. The Kier molecular flexibility index (Phi) is 2.17. The summed E-state index contributed by atoms with van der Waals surface area (Å²) in [6.45, 7) is -1.03. The van der Waals surface area contributed by atoms with Crippen LogP contribution in [0.1, 0.15) is 24.5 Å². The van der Waals surface area contributed by atoms with Gasteiger partial charge in [0.2, 0.25) is 0 Å². The second-order valence-electron chi connectivity index (χ2n) is 3.53. The van der Waals surface area contributed by atoms with Crippen LogP contribution < -0.4 is 0 Å². The molecule has 6 heteroatoms. The van der Waals surface area contributed by atoms with E-state index in [0.29, 0.717) is 5.92 Å². The van der Waals surface area contributed by atoms with Gasteiger partial charge in [0, 0.05) is 11.6 Å². The molecule has 0 radical (unpaired) electrons. The third-order valence-corrected chi connectivity index (χ3v) is 2.50. The van der Waals surface area contributed by atoms with Crippen molar-refractivity contribution in [1.29, 1.82) is 0 Å². The van der Waals surface area contributed by atoms with Gasteiger partial charge < -0.3 is 5.10 Å². The molecule has 0 saturated heterocycles. The quantitative estimate of drug-likeness (QED) is 0.763. The summed E-state index contributed by atoms with van der Waals surface area (Å²) in [6.07, 6.45) is -2.13. The fraction of sp³-hybridized carbons (Fsp3) is 0.625. The second kappa shape index (κ2) is 3.12. The van der Waals surface area contributed by atoms with E-state index in [0.717, 1.165) is 23.2 Å². The van der Waals surface area contributed by atoms with E-state index >= 15 is 0 Å². The summed E-state index contributed by atoms with van der Waals surface area (Å²) in [5.74, 6) is 0.395. The van der Waals surface area contributed by atoms with E-state index in [-0.39, 0.29) is 4.64 Å². The molecule has 0 unspecified atom stereocenters. The number of hydrogen-bond acceptors (Lipinski definition) is 1. The van der Waals surface area contributed by atoms with Crippen molar-refractivity contribution in [1.82, 2.24) is 9.78 Å². The number of aromatic nitrogens is 2. The van der Waals surface area contributed by atoms with Gasteiger partial charge in [0.15, 0.2) is 0 Å².